The van der Waals surface area contributed by atoms with E-state index in [1.807, 2.05) is 0 Å². The van der Waals surface area contributed by atoms with Gasteiger partial charge in [0, 0.05) is 17.3 Å². The van der Waals surface area contributed by atoms with Gasteiger partial charge in [0.1, 0.15) is 18.3 Å². The van der Waals surface area contributed by atoms with Gasteiger partial charge >= 0.3 is 0 Å². The third-order valence-electron chi connectivity index (χ3n) is 4.96. The first kappa shape index (κ1) is 19.7. The van der Waals surface area contributed by atoms with Crippen molar-refractivity contribution >= 4 is 11.9 Å². The van der Waals surface area contributed by atoms with E-state index in [0.29, 0.717) is 11.1 Å². The van der Waals surface area contributed by atoms with Crippen LogP contribution < -0.4 is 10.9 Å². The largest absolute Gasteiger partial charge is 0.394 e. The van der Waals surface area contributed by atoms with Crippen molar-refractivity contribution in [3.05, 3.63) is 58.0 Å². The molecule has 2 aliphatic heterocycles. The molecule has 2 saturated heterocycles. The number of hydrogen-bond acceptors (Lipinski definition) is 7. The maximum Gasteiger partial charge on any atom is 0.277 e. The molecular formula is C20H23N3O6. The van der Waals surface area contributed by atoms with Crippen LogP contribution in [-0.4, -0.2) is 51.3 Å². The van der Waals surface area contributed by atoms with E-state index in [9.17, 15) is 14.7 Å². The Morgan fingerprint density at radius 2 is 1.93 bits per heavy atom. The minimum absolute atomic E-state index is 0.0325. The Labute approximate surface area is 167 Å². The fourth-order valence-electron chi connectivity index (χ4n) is 3.65. The van der Waals surface area contributed by atoms with Crippen molar-refractivity contribution < 1.29 is 24.1 Å². The predicted octanol–water partition coefficient (Wildman–Crippen LogP) is 1.21. The SMILES string of the molecule is Cc1cn([C@@H]2O[C@H](CO)[C@H]3OC(C)(C)O[C@H]32)c(NC(=O)c2ccccc2)nc1=O. The minimum atomic E-state index is -0.847. The summed E-state index contributed by atoms with van der Waals surface area (Å²) in [6.07, 6.45) is -0.817. The van der Waals surface area contributed by atoms with Gasteiger partial charge in [-0.1, -0.05) is 18.2 Å². The smallest absolute Gasteiger partial charge is 0.277 e. The maximum atomic E-state index is 12.6. The summed E-state index contributed by atoms with van der Waals surface area (Å²) in [6.45, 7) is 4.93. The van der Waals surface area contributed by atoms with Gasteiger partial charge in [0.2, 0.25) is 5.95 Å². The molecule has 29 heavy (non-hydrogen) atoms. The summed E-state index contributed by atoms with van der Waals surface area (Å²) in [6, 6.07) is 8.61. The second-order valence-corrected chi connectivity index (χ2v) is 7.59. The Morgan fingerprint density at radius 1 is 1.24 bits per heavy atom. The molecule has 3 heterocycles. The molecule has 0 unspecified atom stereocenters. The number of nitrogens with zero attached hydrogens (tertiary/aromatic N) is 2. The van der Waals surface area contributed by atoms with Crippen molar-refractivity contribution in [2.24, 2.45) is 0 Å². The first-order valence-corrected chi connectivity index (χ1v) is 9.37. The van der Waals surface area contributed by atoms with E-state index >= 15 is 0 Å². The molecule has 0 bridgehead atoms. The van der Waals surface area contributed by atoms with Gasteiger partial charge in [-0.15, -0.1) is 0 Å². The molecule has 4 rings (SSSR count). The second kappa shape index (κ2) is 7.34. The number of aliphatic hydroxyl groups is 1. The van der Waals surface area contributed by atoms with E-state index in [0.717, 1.165) is 0 Å². The molecule has 9 heteroatoms. The number of hydrogen-bond donors (Lipinski definition) is 2. The van der Waals surface area contributed by atoms with Crippen molar-refractivity contribution in [2.45, 2.75) is 51.1 Å². The molecule has 154 valence electrons. The molecule has 0 saturated carbocycles. The zero-order chi connectivity index (χ0) is 20.8. The van der Waals surface area contributed by atoms with Gasteiger partial charge in [-0.05, 0) is 32.9 Å². The number of aryl methyl sites for hydroxylation is 1. The molecule has 4 atom stereocenters. The van der Waals surface area contributed by atoms with Crippen LogP contribution in [0.25, 0.3) is 0 Å². The zero-order valence-corrected chi connectivity index (χ0v) is 16.4. The summed E-state index contributed by atoms with van der Waals surface area (Å²) in [7, 11) is 0. The van der Waals surface area contributed by atoms with Gasteiger partial charge in [-0.2, -0.15) is 4.98 Å². The molecule has 0 radical (unpaired) electrons. The molecule has 2 fully saturated rings. The van der Waals surface area contributed by atoms with Gasteiger partial charge in [0.15, 0.2) is 12.0 Å². The molecule has 1 aromatic heterocycles. The number of carbonyl (C=O) groups excluding carboxylic acids is 1. The van der Waals surface area contributed by atoms with Crippen LogP contribution in [0.5, 0.6) is 0 Å². The van der Waals surface area contributed by atoms with Crippen molar-refractivity contribution in [2.75, 3.05) is 11.9 Å². The van der Waals surface area contributed by atoms with E-state index in [1.54, 1.807) is 61.9 Å². The topological polar surface area (TPSA) is 112 Å². The maximum absolute atomic E-state index is 12.6. The van der Waals surface area contributed by atoms with Gasteiger partial charge in [-0.25, -0.2) is 0 Å². The molecule has 0 spiro atoms. The first-order chi connectivity index (χ1) is 13.8. The van der Waals surface area contributed by atoms with E-state index < -0.39 is 41.8 Å². The molecule has 2 aliphatic rings. The van der Waals surface area contributed by atoms with Crippen LogP contribution in [0.1, 0.15) is 36.0 Å². The molecule has 2 N–H and O–H groups in total. The van der Waals surface area contributed by atoms with E-state index in [1.165, 1.54) is 0 Å². The van der Waals surface area contributed by atoms with Crippen LogP contribution in [0, 0.1) is 6.92 Å². The molecule has 9 nitrogen and oxygen atoms in total. The summed E-state index contributed by atoms with van der Waals surface area (Å²) in [5.74, 6) is -1.22. The average Bonchev–Trinajstić information content (AvgIpc) is 3.18. The number of amides is 1. The Kier molecular flexibility index (Phi) is 4.99. The summed E-state index contributed by atoms with van der Waals surface area (Å²) < 4.78 is 19.4. The number of carbonyl (C=O) groups is 1. The number of aliphatic hydroxyl groups excluding tert-OH is 1. The minimum Gasteiger partial charge on any atom is -0.394 e. The van der Waals surface area contributed by atoms with Crippen LogP contribution in [0.15, 0.2) is 41.3 Å². The van der Waals surface area contributed by atoms with Crippen molar-refractivity contribution in [1.82, 2.24) is 9.55 Å². The highest BCUT2D eigenvalue weighted by molar-refractivity contribution is 6.03. The van der Waals surface area contributed by atoms with E-state index in [2.05, 4.69) is 10.3 Å². The van der Waals surface area contributed by atoms with Gasteiger partial charge in [0.05, 0.1) is 6.61 Å². The van der Waals surface area contributed by atoms with Crippen LogP contribution in [0.3, 0.4) is 0 Å². The van der Waals surface area contributed by atoms with Gasteiger partial charge < -0.3 is 19.3 Å². The Bertz CT molecular complexity index is 974. The Hall–Kier alpha value is -2.59. The molecule has 1 aromatic carbocycles. The fourth-order valence-corrected chi connectivity index (χ4v) is 3.65. The second-order valence-electron chi connectivity index (χ2n) is 7.59. The molecule has 2 aromatic rings. The summed E-state index contributed by atoms with van der Waals surface area (Å²) in [5.41, 5.74) is 0.351. The van der Waals surface area contributed by atoms with Crippen molar-refractivity contribution in [3.63, 3.8) is 0 Å². The molecular weight excluding hydrogens is 378 g/mol. The highest BCUT2D eigenvalue weighted by Gasteiger charge is 2.56. The van der Waals surface area contributed by atoms with Crippen molar-refractivity contribution in [3.8, 4) is 0 Å². The predicted molar refractivity (Wildman–Crippen MR) is 102 cm³/mol. The number of fused-ring (bicyclic) bond motifs is 1. The molecule has 1 amide bonds. The first-order valence-electron chi connectivity index (χ1n) is 9.37. The van der Waals surface area contributed by atoms with Crippen LogP contribution in [0.4, 0.5) is 5.95 Å². The third-order valence-corrected chi connectivity index (χ3v) is 4.96. The van der Waals surface area contributed by atoms with E-state index in [4.69, 9.17) is 14.2 Å². The lowest BCUT2D eigenvalue weighted by Crippen LogP contribution is -2.32. The lowest BCUT2D eigenvalue weighted by molar-refractivity contribution is -0.200. The number of benzene rings is 1. The lowest BCUT2D eigenvalue weighted by Gasteiger charge is -2.26. The standard InChI is InChI=1S/C20H23N3O6/c1-11-9-23(18-15-14(13(10-24)27-18)28-20(2,3)29-15)19(21-16(11)25)22-17(26)12-7-5-4-6-8-12/h4-9,13-15,18,24H,10H2,1-3H3,(H,21,22,25,26)/t13-,14-,15-,18-/m1/s1. The van der Waals surface area contributed by atoms with E-state index in [-0.39, 0.29) is 12.6 Å². The van der Waals surface area contributed by atoms with Crippen LogP contribution in [-0.2, 0) is 14.2 Å². The Balaban J connectivity index is 1.71. The number of anilines is 1. The zero-order valence-electron chi connectivity index (χ0n) is 16.4. The highest BCUT2D eigenvalue weighted by atomic mass is 16.8. The van der Waals surface area contributed by atoms with Crippen LogP contribution >= 0.6 is 0 Å². The highest BCUT2D eigenvalue weighted by Crippen LogP contribution is 2.43. The van der Waals surface area contributed by atoms with Gasteiger partial charge in [0.25, 0.3) is 11.5 Å². The quantitative estimate of drug-likeness (QED) is 0.792. The summed E-state index contributed by atoms with van der Waals surface area (Å²) >= 11 is 0. The Morgan fingerprint density at radius 3 is 2.62 bits per heavy atom. The number of nitrogens with one attached hydrogen (secondary N) is 1. The normalized spacial score (nSPS) is 27.6. The number of rotatable bonds is 4. The molecule has 0 aliphatic carbocycles. The number of aromatic nitrogens is 2. The lowest BCUT2D eigenvalue weighted by atomic mass is 10.1. The summed E-state index contributed by atoms with van der Waals surface area (Å²) in [5, 5.41) is 12.4. The number of ether oxygens (including phenoxy) is 3. The van der Waals surface area contributed by atoms with Crippen LogP contribution in [0.2, 0.25) is 0 Å². The van der Waals surface area contributed by atoms with Crippen molar-refractivity contribution in [1.29, 1.82) is 0 Å². The monoisotopic (exact) mass is 401 g/mol. The van der Waals surface area contributed by atoms with Gasteiger partial charge in [-0.3, -0.25) is 19.5 Å². The average molecular weight is 401 g/mol. The summed E-state index contributed by atoms with van der Waals surface area (Å²) in [4.78, 5) is 28.8. The fraction of sp³-hybridized carbons (Fsp3) is 0.450. The third kappa shape index (κ3) is 3.69.